The van der Waals surface area contributed by atoms with Crippen molar-refractivity contribution in [1.82, 2.24) is 5.32 Å². The average molecular weight is 434 g/mol. The number of rotatable bonds is 10. The summed E-state index contributed by atoms with van der Waals surface area (Å²) in [5.41, 5.74) is 2.48. The monoisotopic (exact) mass is 433 g/mol. The van der Waals surface area contributed by atoms with Crippen molar-refractivity contribution in [3.63, 3.8) is 0 Å². The van der Waals surface area contributed by atoms with Gasteiger partial charge in [-0.05, 0) is 62.7 Å². The number of anilines is 2. The van der Waals surface area contributed by atoms with Crippen molar-refractivity contribution in [2.24, 2.45) is 0 Å². The minimum Gasteiger partial charge on any atom is -0.497 e. The maximum atomic E-state index is 12.7. The van der Waals surface area contributed by atoms with E-state index in [0.717, 1.165) is 34.9 Å². The normalized spacial score (nSPS) is 12.2. The van der Waals surface area contributed by atoms with Gasteiger partial charge in [0.05, 0.1) is 19.1 Å². The van der Waals surface area contributed by atoms with Gasteiger partial charge in [-0.2, -0.15) is 0 Å². The molecule has 0 aliphatic rings. The Labute approximate surface area is 179 Å². The van der Waals surface area contributed by atoms with Crippen molar-refractivity contribution in [3.05, 3.63) is 54.1 Å². The highest BCUT2D eigenvalue weighted by molar-refractivity contribution is 7.92. The van der Waals surface area contributed by atoms with Gasteiger partial charge >= 0.3 is 0 Å². The van der Waals surface area contributed by atoms with Crippen molar-refractivity contribution in [3.8, 4) is 5.75 Å². The van der Waals surface area contributed by atoms with E-state index in [1.807, 2.05) is 24.3 Å². The van der Waals surface area contributed by atoms with E-state index in [1.165, 1.54) is 7.11 Å². The summed E-state index contributed by atoms with van der Waals surface area (Å²) in [6, 6.07) is 13.7. The van der Waals surface area contributed by atoms with Crippen LogP contribution >= 0.6 is 0 Å². The van der Waals surface area contributed by atoms with Gasteiger partial charge in [0.1, 0.15) is 11.8 Å². The maximum Gasteiger partial charge on any atom is 0.243 e. The number of hydrogen-bond donors (Lipinski definition) is 1. The molecule has 0 saturated heterocycles. The van der Waals surface area contributed by atoms with E-state index in [0.29, 0.717) is 18.0 Å². The zero-order valence-electron chi connectivity index (χ0n) is 18.3. The van der Waals surface area contributed by atoms with Crippen molar-refractivity contribution < 1.29 is 17.9 Å². The van der Waals surface area contributed by atoms with E-state index in [4.69, 9.17) is 4.74 Å². The first-order valence-electron chi connectivity index (χ1n) is 9.96. The molecule has 2 rings (SSSR count). The number of hydrogen-bond acceptors (Lipinski definition) is 5. The lowest BCUT2D eigenvalue weighted by Crippen LogP contribution is -2.47. The first kappa shape index (κ1) is 23.5. The molecule has 8 heteroatoms. The summed E-state index contributed by atoms with van der Waals surface area (Å²) < 4.78 is 31.0. The number of sulfonamides is 1. The molecule has 0 bridgehead atoms. The third-order valence-electron chi connectivity index (χ3n) is 4.95. The Hall–Kier alpha value is -2.74. The summed E-state index contributed by atoms with van der Waals surface area (Å²) >= 11 is 0. The van der Waals surface area contributed by atoms with Gasteiger partial charge in [-0.25, -0.2) is 8.42 Å². The zero-order valence-corrected chi connectivity index (χ0v) is 19.1. The highest BCUT2D eigenvalue weighted by Gasteiger charge is 2.29. The average Bonchev–Trinajstić information content (AvgIpc) is 2.73. The van der Waals surface area contributed by atoms with Crippen LogP contribution in [0.4, 0.5) is 11.4 Å². The van der Waals surface area contributed by atoms with Crippen LogP contribution in [0.15, 0.2) is 48.5 Å². The second kappa shape index (κ2) is 10.3. The van der Waals surface area contributed by atoms with Crippen LogP contribution in [0.5, 0.6) is 5.75 Å². The van der Waals surface area contributed by atoms with Crippen LogP contribution in [0.2, 0.25) is 0 Å². The largest absolute Gasteiger partial charge is 0.497 e. The topological polar surface area (TPSA) is 79.0 Å². The van der Waals surface area contributed by atoms with Crippen LogP contribution < -0.4 is 19.3 Å². The van der Waals surface area contributed by atoms with Crippen molar-refractivity contribution in [1.29, 1.82) is 0 Å². The minimum absolute atomic E-state index is 0.321. The summed E-state index contributed by atoms with van der Waals surface area (Å²) in [6.07, 6.45) is 1.09. The van der Waals surface area contributed by atoms with E-state index in [9.17, 15) is 13.2 Å². The predicted molar refractivity (Wildman–Crippen MR) is 122 cm³/mol. The highest BCUT2D eigenvalue weighted by Crippen LogP contribution is 2.24. The molecule has 0 aliphatic carbocycles. The van der Waals surface area contributed by atoms with Gasteiger partial charge in [-0.3, -0.25) is 9.10 Å². The number of ether oxygens (including phenoxy) is 1. The highest BCUT2D eigenvalue weighted by atomic mass is 32.2. The second-order valence-corrected chi connectivity index (χ2v) is 8.85. The number of nitrogens with zero attached hydrogens (tertiary/aromatic N) is 2. The minimum atomic E-state index is -3.66. The van der Waals surface area contributed by atoms with E-state index in [-0.39, 0.29) is 5.91 Å². The first-order valence-corrected chi connectivity index (χ1v) is 11.8. The third-order valence-corrected chi connectivity index (χ3v) is 6.19. The number of benzene rings is 2. The predicted octanol–water partition coefficient (Wildman–Crippen LogP) is 3.01. The molecule has 1 unspecified atom stereocenters. The molecule has 0 aromatic heterocycles. The molecule has 1 amide bonds. The molecule has 2 aromatic carbocycles. The molecule has 0 heterocycles. The molecule has 2 aromatic rings. The molecule has 0 fully saturated rings. The van der Waals surface area contributed by atoms with Crippen LogP contribution in [0.1, 0.15) is 26.3 Å². The van der Waals surface area contributed by atoms with Gasteiger partial charge in [0.25, 0.3) is 0 Å². The van der Waals surface area contributed by atoms with Crippen LogP contribution in [0.3, 0.4) is 0 Å². The van der Waals surface area contributed by atoms with Gasteiger partial charge in [-0.15, -0.1) is 0 Å². The van der Waals surface area contributed by atoms with Crippen LogP contribution in [0.25, 0.3) is 0 Å². The first-order chi connectivity index (χ1) is 14.2. The third kappa shape index (κ3) is 5.89. The molecule has 164 valence electrons. The lowest BCUT2D eigenvalue weighted by molar-refractivity contribution is -0.122. The Balaban J connectivity index is 2.10. The number of amides is 1. The van der Waals surface area contributed by atoms with Crippen molar-refractivity contribution in [2.75, 3.05) is 35.7 Å². The van der Waals surface area contributed by atoms with E-state index >= 15 is 0 Å². The van der Waals surface area contributed by atoms with E-state index < -0.39 is 16.1 Å². The number of nitrogens with one attached hydrogen (secondary N) is 1. The number of methoxy groups -OCH3 is 1. The van der Waals surface area contributed by atoms with E-state index in [2.05, 4.69) is 24.1 Å². The van der Waals surface area contributed by atoms with Gasteiger partial charge in [0, 0.05) is 25.3 Å². The van der Waals surface area contributed by atoms with Crippen LogP contribution in [0, 0.1) is 0 Å². The Bertz CT molecular complexity index is 924. The zero-order chi connectivity index (χ0) is 22.3. The Kier molecular flexibility index (Phi) is 8.11. The van der Waals surface area contributed by atoms with Crippen LogP contribution in [-0.2, 0) is 21.4 Å². The molecule has 0 spiro atoms. The molecular formula is C22H31N3O4S. The van der Waals surface area contributed by atoms with E-state index in [1.54, 1.807) is 31.2 Å². The quantitative estimate of drug-likeness (QED) is 0.623. The molecule has 1 atom stereocenters. The van der Waals surface area contributed by atoms with Crippen molar-refractivity contribution >= 4 is 27.3 Å². The summed E-state index contributed by atoms with van der Waals surface area (Å²) in [4.78, 5) is 15.0. The molecule has 0 radical (unpaired) electrons. The lowest BCUT2D eigenvalue weighted by Gasteiger charge is -2.28. The Morgan fingerprint density at radius 1 is 1.00 bits per heavy atom. The number of carbonyl (C=O) groups is 1. The van der Waals surface area contributed by atoms with Gasteiger partial charge in [0.15, 0.2) is 0 Å². The standard InChI is InChI=1S/C22H31N3O4S/c1-6-24(7-2)19-10-8-18(9-11-19)16-23-22(26)17(3)25(30(5,27)28)20-12-14-21(29-4)15-13-20/h8-15,17H,6-7,16H2,1-5H3,(H,23,26). The molecule has 0 aliphatic heterocycles. The van der Waals surface area contributed by atoms with Gasteiger partial charge in [0.2, 0.25) is 15.9 Å². The van der Waals surface area contributed by atoms with Gasteiger partial charge in [-0.1, -0.05) is 12.1 Å². The molecule has 7 nitrogen and oxygen atoms in total. The molecule has 0 saturated carbocycles. The summed E-state index contributed by atoms with van der Waals surface area (Å²) in [6.45, 7) is 7.96. The molecule has 1 N–H and O–H groups in total. The summed E-state index contributed by atoms with van der Waals surface area (Å²) in [5, 5.41) is 2.84. The van der Waals surface area contributed by atoms with Crippen molar-refractivity contribution in [2.45, 2.75) is 33.4 Å². The fourth-order valence-corrected chi connectivity index (χ4v) is 4.46. The maximum absolute atomic E-state index is 12.7. The number of carbonyl (C=O) groups excluding carboxylic acids is 1. The smallest absolute Gasteiger partial charge is 0.243 e. The SMILES string of the molecule is CCN(CC)c1ccc(CNC(=O)C(C)N(c2ccc(OC)cc2)S(C)(=O)=O)cc1. The molecular weight excluding hydrogens is 402 g/mol. The Morgan fingerprint density at radius 3 is 2.00 bits per heavy atom. The Morgan fingerprint density at radius 2 is 1.53 bits per heavy atom. The fourth-order valence-electron chi connectivity index (χ4n) is 3.29. The fraction of sp³-hybridized carbons (Fsp3) is 0.409. The second-order valence-electron chi connectivity index (χ2n) is 6.99. The molecule has 30 heavy (non-hydrogen) atoms. The van der Waals surface area contributed by atoms with Gasteiger partial charge < -0.3 is 15.0 Å². The summed E-state index contributed by atoms with van der Waals surface area (Å²) in [5.74, 6) is 0.238. The lowest BCUT2D eigenvalue weighted by atomic mass is 10.2. The van der Waals surface area contributed by atoms with Crippen LogP contribution in [-0.4, -0.2) is 46.8 Å². The summed E-state index contributed by atoms with van der Waals surface area (Å²) in [7, 11) is -2.12.